The summed E-state index contributed by atoms with van der Waals surface area (Å²) in [5.74, 6) is 1.22. The summed E-state index contributed by atoms with van der Waals surface area (Å²) in [5, 5.41) is 0. The molecular formula is C12H12O3. The Morgan fingerprint density at radius 2 is 2.20 bits per heavy atom. The summed E-state index contributed by atoms with van der Waals surface area (Å²) in [7, 11) is 0. The van der Waals surface area contributed by atoms with Gasteiger partial charge in [0.25, 0.3) is 0 Å². The Morgan fingerprint density at radius 1 is 1.40 bits per heavy atom. The molecular weight excluding hydrogens is 192 g/mol. The normalized spacial score (nSPS) is 13.3. The number of rotatable bonds is 3. The molecule has 1 aromatic rings. The van der Waals surface area contributed by atoms with Gasteiger partial charge in [-0.2, -0.15) is 0 Å². The Bertz CT molecular complexity index is 396. The Balaban J connectivity index is 2.38. The molecule has 2 rings (SSSR count). The minimum Gasteiger partial charge on any atom is -0.486 e. The van der Waals surface area contributed by atoms with Crippen molar-refractivity contribution < 1.29 is 14.3 Å². The lowest BCUT2D eigenvalue weighted by molar-refractivity contribution is 0.0984. The Hall–Kier alpha value is -1.77. The van der Waals surface area contributed by atoms with Gasteiger partial charge in [0, 0.05) is 6.42 Å². The van der Waals surface area contributed by atoms with E-state index in [-0.39, 0.29) is 5.78 Å². The van der Waals surface area contributed by atoms with Crippen molar-refractivity contribution in [3.05, 3.63) is 36.4 Å². The first-order valence-corrected chi connectivity index (χ1v) is 4.85. The molecule has 0 bridgehead atoms. The van der Waals surface area contributed by atoms with Crippen molar-refractivity contribution in [2.75, 3.05) is 13.2 Å². The molecule has 0 atom stereocenters. The maximum Gasteiger partial charge on any atom is 0.172 e. The van der Waals surface area contributed by atoms with Crippen LogP contribution in [0.2, 0.25) is 0 Å². The summed E-state index contributed by atoms with van der Waals surface area (Å²) >= 11 is 0. The molecule has 1 aromatic carbocycles. The van der Waals surface area contributed by atoms with Gasteiger partial charge in [-0.1, -0.05) is 12.1 Å². The number of carbonyl (C=O) groups is 1. The summed E-state index contributed by atoms with van der Waals surface area (Å²) < 4.78 is 10.8. The molecule has 0 amide bonds. The summed E-state index contributed by atoms with van der Waals surface area (Å²) in [5.41, 5.74) is 0.576. The number of para-hydroxylation sites is 1. The molecule has 0 fully saturated rings. The van der Waals surface area contributed by atoms with Gasteiger partial charge in [-0.3, -0.25) is 4.79 Å². The third-order valence-corrected chi connectivity index (χ3v) is 2.20. The number of carbonyl (C=O) groups excluding carboxylic acids is 1. The molecule has 1 aliphatic rings. The van der Waals surface area contributed by atoms with Crippen LogP contribution in [-0.4, -0.2) is 19.0 Å². The van der Waals surface area contributed by atoms with E-state index in [1.165, 1.54) is 0 Å². The Labute approximate surface area is 88.3 Å². The lowest BCUT2D eigenvalue weighted by Crippen LogP contribution is -2.17. The SMILES string of the molecule is C=CCC(=O)c1cccc2c1OCCO2. The van der Waals surface area contributed by atoms with Crippen LogP contribution in [0.1, 0.15) is 16.8 Å². The number of fused-ring (bicyclic) bond motifs is 1. The standard InChI is InChI=1S/C12H12O3/c1-2-4-10(13)9-5-3-6-11-12(9)15-8-7-14-11/h2-3,5-6H,1,4,7-8H2. The average Bonchev–Trinajstić information content (AvgIpc) is 2.28. The maximum atomic E-state index is 11.7. The molecule has 3 nitrogen and oxygen atoms in total. The monoisotopic (exact) mass is 204 g/mol. The molecule has 0 unspecified atom stereocenters. The van der Waals surface area contributed by atoms with E-state index in [4.69, 9.17) is 9.47 Å². The second-order valence-corrected chi connectivity index (χ2v) is 3.25. The van der Waals surface area contributed by atoms with Gasteiger partial charge >= 0.3 is 0 Å². The zero-order chi connectivity index (χ0) is 10.7. The molecule has 0 spiro atoms. The van der Waals surface area contributed by atoms with Crippen LogP contribution in [0, 0.1) is 0 Å². The molecule has 0 saturated heterocycles. The van der Waals surface area contributed by atoms with Crippen LogP contribution in [-0.2, 0) is 0 Å². The lowest BCUT2D eigenvalue weighted by Gasteiger charge is -2.20. The van der Waals surface area contributed by atoms with Crippen molar-refractivity contribution in [2.24, 2.45) is 0 Å². The highest BCUT2D eigenvalue weighted by Gasteiger charge is 2.19. The highest BCUT2D eigenvalue weighted by Crippen LogP contribution is 2.34. The second-order valence-electron chi connectivity index (χ2n) is 3.25. The van der Waals surface area contributed by atoms with E-state index in [1.54, 1.807) is 24.3 Å². The van der Waals surface area contributed by atoms with Crippen molar-refractivity contribution in [1.29, 1.82) is 0 Å². The molecule has 0 radical (unpaired) electrons. The van der Waals surface area contributed by atoms with E-state index < -0.39 is 0 Å². The fourth-order valence-corrected chi connectivity index (χ4v) is 1.53. The number of hydrogen-bond donors (Lipinski definition) is 0. The summed E-state index contributed by atoms with van der Waals surface area (Å²) in [6.45, 7) is 4.57. The highest BCUT2D eigenvalue weighted by atomic mass is 16.6. The third kappa shape index (κ3) is 1.86. The largest absolute Gasteiger partial charge is 0.486 e. The molecule has 0 N–H and O–H groups in total. The van der Waals surface area contributed by atoms with E-state index in [9.17, 15) is 4.79 Å². The van der Waals surface area contributed by atoms with Crippen LogP contribution in [0.5, 0.6) is 11.5 Å². The summed E-state index contributed by atoms with van der Waals surface area (Å²) in [6, 6.07) is 5.35. The Morgan fingerprint density at radius 3 is 3.00 bits per heavy atom. The number of ketones is 1. The zero-order valence-corrected chi connectivity index (χ0v) is 8.36. The molecule has 0 aromatic heterocycles. The lowest BCUT2D eigenvalue weighted by atomic mass is 10.1. The second kappa shape index (κ2) is 4.17. The smallest absolute Gasteiger partial charge is 0.172 e. The number of benzene rings is 1. The van der Waals surface area contributed by atoms with E-state index >= 15 is 0 Å². The predicted octanol–water partition coefficient (Wildman–Crippen LogP) is 2.22. The summed E-state index contributed by atoms with van der Waals surface area (Å²) in [6.07, 6.45) is 1.91. The van der Waals surface area contributed by atoms with Gasteiger partial charge in [-0.15, -0.1) is 6.58 Å². The van der Waals surface area contributed by atoms with E-state index in [0.717, 1.165) is 0 Å². The van der Waals surface area contributed by atoms with Crippen LogP contribution in [0.3, 0.4) is 0 Å². The fourth-order valence-electron chi connectivity index (χ4n) is 1.53. The van der Waals surface area contributed by atoms with Gasteiger partial charge in [0.1, 0.15) is 13.2 Å². The van der Waals surface area contributed by atoms with Crippen molar-refractivity contribution in [2.45, 2.75) is 6.42 Å². The van der Waals surface area contributed by atoms with Crippen LogP contribution < -0.4 is 9.47 Å². The zero-order valence-electron chi connectivity index (χ0n) is 8.36. The van der Waals surface area contributed by atoms with E-state index in [1.807, 2.05) is 0 Å². The van der Waals surface area contributed by atoms with Crippen LogP contribution in [0.25, 0.3) is 0 Å². The first-order chi connectivity index (χ1) is 7.33. The molecule has 78 valence electrons. The van der Waals surface area contributed by atoms with Crippen molar-refractivity contribution in [1.82, 2.24) is 0 Å². The molecule has 1 heterocycles. The van der Waals surface area contributed by atoms with Gasteiger partial charge in [0.05, 0.1) is 5.56 Å². The average molecular weight is 204 g/mol. The molecule has 3 heteroatoms. The fraction of sp³-hybridized carbons (Fsp3) is 0.250. The minimum absolute atomic E-state index is 0.00681. The van der Waals surface area contributed by atoms with E-state index in [2.05, 4.69) is 6.58 Å². The highest BCUT2D eigenvalue weighted by molar-refractivity contribution is 6.00. The number of ether oxygens (including phenoxy) is 2. The number of hydrogen-bond acceptors (Lipinski definition) is 3. The predicted molar refractivity (Wildman–Crippen MR) is 56.6 cm³/mol. The minimum atomic E-state index is 0.00681. The van der Waals surface area contributed by atoms with Crippen molar-refractivity contribution >= 4 is 5.78 Å². The molecule has 0 aliphatic carbocycles. The van der Waals surface area contributed by atoms with Crippen LogP contribution in [0.4, 0.5) is 0 Å². The molecule has 15 heavy (non-hydrogen) atoms. The van der Waals surface area contributed by atoms with Crippen molar-refractivity contribution in [3.63, 3.8) is 0 Å². The van der Waals surface area contributed by atoms with Gasteiger partial charge in [0.15, 0.2) is 17.3 Å². The van der Waals surface area contributed by atoms with Crippen LogP contribution >= 0.6 is 0 Å². The van der Waals surface area contributed by atoms with E-state index in [0.29, 0.717) is 36.7 Å². The van der Waals surface area contributed by atoms with Gasteiger partial charge in [-0.05, 0) is 12.1 Å². The van der Waals surface area contributed by atoms with Crippen LogP contribution in [0.15, 0.2) is 30.9 Å². The third-order valence-electron chi connectivity index (χ3n) is 2.20. The first kappa shape index (κ1) is 9.77. The Kier molecular flexibility index (Phi) is 2.72. The van der Waals surface area contributed by atoms with Gasteiger partial charge in [-0.25, -0.2) is 0 Å². The van der Waals surface area contributed by atoms with Crippen molar-refractivity contribution in [3.8, 4) is 11.5 Å². The molecule has 1 aliphatic heterocycles. The number of allylic oxidation sites excluding steroid dienone is 1. The maximum absolute atomic E-state index is 11.7. The first-order valence-electron chi connectivity index (χ1n) is 4.85. The topological polar surface area (TPSA) is 35.5 Å². The van der Waals surface area contributed by atoms with Gasteiger partial charge < -0.3 is 9.47 Å². The summed E-state index contributed by atoms with van der Waals surface area (Å²) in [4.78, 5) is 11.7. The number of Topliss-reactive ketones (excluding diaryl/α,β-unsaturated/α-hetero) is 1. The molecule has 0 saturated carbocycles. The quantitative estimate of drug-likeness (QED) is 0.559. The van der Waals surface area contributed by atoms with Gasteiger partial charge in [0.2, 0.25) is 0 Å².